The number of nitriles is 1. The van der Waals surface area contributed by atoms with Crippen molar-refractivity contribution in [1.29, 1.82) is 5.26 Å². The Morgan fingerprint density at radius 3 is 2.39 bits per heavy atom. The van der Waals surface area contributed by atoms with Gasteiger partial charge >= 0.3 is 0 Å². The molecule has 0 unspecified atom stereocenters. The summed E-state index contributed by atoms with van der Waals surface area (Å²) in [6.45, 7) is 1.01. The molecule has 1 aromatic rings. The third-order valence-electron chi connectivity index (χ3n) is 2.37. The SMILES string of the molecule is CN(C)CCNS(=O)(=O)c1ccc(CC#N)cc1. The molecule has 0 saturated carbocycles. The van der Waals surface area contributed by atoms with Gasteiger partial charge in [0.1, 0.15) is 0 Å². The molecule has 1 N–H and O–H groups in total. The Morgan fingerprint density at radius 2 is 1.89 bits per heavy atom. The molecule has 0 amide bonds. The zero-order valence-corrected chi connectivity index (χ0v) is 11.4. The molecule has 0 fully saturated rings. The smallest absolute Gasteiger partial charge is 0.240 e. The molecule has 0 heterocycles. The van der Waals surface area contributed by atoms with Crippen molar-refractivity contribution < 1.29 is 8.42 Å². The van der Waals surface area contributed by atoms with Crippen LogP contribution in [0.3, 0.4) is 0 Å². The van der Waals surface area contributed by atoms with Gasteiger partial charge in [0.05, 0.1) is 17.4 Å². The van der Waals surface area contributed by atoms with Gasteiger partial charge in [-0.3, -0.25) is 0 Å². The van der Waals surface area contributed by atoms with Gasteiger partial charge in [0.2, 0.25) is 10.0 Å². The lowest BCUT2D eigenvalue weighted by Gasteiger charge is -2.11. The predicted molar refractivity (Wildman–Crippen MR) is 69.5 cm³/mol. The molecule has 1 rings (SSSR count). The highest BCUT2D eigenvalue weighted by molar-refractivity contribution is 7.89. The lowest BCUT2D eigenvalue weighted by molar-refractivity contribution is 0.412. The number of hydrogen-bond donors (Lipinski definition) is 1. The fraction of sp³-hybridized carbons (Fsp3) is 0.417. The number of nitrogens with zero attached hydrogens (tertiary/aromatic N) is 2. The van der Waals surface area contributed by atoms with Crippen LogP contribution in [0.1, 0.15) is 5.56 Å². The molecule has 0 aliphatic heterocycles. The van der Waals surface area contributed by atoms with Crippen LogP contribution in [0.15, 0.2) is 29.2 Å². The molecule has 6 heteroatoms. The molecule has 0 aliphatic rings. The summed E-state index contributed by atoms with van der Waals surface area (Å²) < 4.78 is 26.3. The van der Waals surface area contributed by atoms with Crippen LogP contribution in [0.4, 0.5) is 0 Å². The van der Waals surface area contributed by atoms with E-state index in [2.05, 4.69) is 4.72 Å². The number of hydrogen-bond acceptors (Lipinski definition) is 4. The molecule has 0 radical (unpaired) electrons. The lowest BCUT2D eigenvalue weighted by Crippen LogP contribution is -2.31. The van der Waals surface area contributed by atoms with Gasteiger partial charge in [0.25, 0.3) is 0 Å². The fourth-order valence-corrected chi connectivity index (χ4v) is 2.39. The van der Waals surface area contributed by atoms with E-state index in [1.165, 1.54) is 12.1 Å². The van der Waals surface area contributed by atoms with E-state index in [9.17, 15) is 8.42 Å². The average molecular weight is 267 g/mol. The molecule has 0 atom stereocenters. The number of benzene rings is 1. The van der Waals surface area contributed by atoms with E-state index in [0.717, 1.165) is 5.56 Å². The highest BCUT2D eigenvalue weighted by atomic mass is 32.2. The summed E-state index contributed by atoms with van der Waals surface area (Å²) in [4.78, 5) is 2.13. The Labute approximate surface area is 108 Å². The van der Waals surface area contributed by atoms with E-state index in [1.807, 2.05) is 25.1 Å². The van der Waals surface area contributed by atoms with E-state index in [0.29, 0.717) is 13.1 Å². The Balaban J connectivity index is 2.70. The van der Waals surface area contributed by atoms with Crippen molar-refractivity contribution in [3.05, 3.63) is 29.8 Å². The number of rotatable bonds is 6. The monoisotopic (exact) mass is 267 g/mol. The van der Waals surface area contributed by atoms with Crippen molar-refractivity contribution in [3.8, 4) is 6.07 Å². The molecule has 98 valence electrons. The van der Waals surface area contributed by atoms with Crippen molar-refractivity contribution in [1.82, 2.24) is 9.62 Å². The van der Waals surface area contributed by atoms with Crippen LogP contribution in [0.5, 0.6) is 0 Å². The maximum absolute atomic E-state index is 11.9. The molecule has 0 bridgehead atoms. The minimum Gasteiger partial charge on any atom is -0.308 e. The normalized spacial score (nSPS) is 11.4. The van der Waals surface area contributed by atoms with E-state index in [4.69, 9.17) is 5.26 Å². The Hall–Kier alpha value is -1.42. The Bertz CT molecular complexity index is 515. The first kappa shape index (κ1) is 14.6. The van der Waals surface area contributed by atoms with Gasteiger partial charge in [-0.15, -0.1) is 0 Å². The van der Waals surface area contributed by atoms with E-state index in [-0.39, 0.29) is 11.3 Å². The standard InChI is InChI=1S/C12H17N3O2S/c1-15(2)10-9-14-18(16,17)12-5-3-11(4-6-12)7-8-13/h3-6,14H,7,9-10H2,1-2H3. The van der Waals surface area contributed by atoms with Gasteiger partial charge < -0.3 is 4.90 Å². The molecule has 0 aromatic heterocycles. The van der Waals surface area contributed by atoms with Gasteiger partial charge in [-0.2, -0.15) is 5.26 Å². The number of likely N-dealkylation sites (N-methyl/N-ethyl adjacent to an activating group) is 1. The number of nitrogens with one attached hydrogen (secondary N) is 1. The quantitative estimate of drug-likeness (QED) is 0.819. The topological polar surface area (TPSA) is 73.2 Å². The molecule has 0 spiro atoms. The fourth-order valence-electron chi connectivity index (χ4n) is 1.36. The molecule has 5 nitrogen and oxygen atoms in total. The summed E-state index contributed by atoms with van der Waals surface area (Å²) in [5.74, 6) is 0. The summed E-state index contributed by atoms with van der Waals surface area (Å²) in [7, 11) is 0.313. The summed E-state index contributed by atoms with van der Waals surface area (Å²) in [5.41, 5.74) is 0.810. The zero-order valence-electron chi connectivity index (χ0n) is 10.5. The van der Waals surface area contributed by atoms with Crippen LogP contribution >= 0.6 is 0 Å². The van der Waals surface area contributed by atoms with Gasteiger partial charge in [-0.1, -0.05) is 12.1 Å². The maximum Gasteiger partial charge on any atom is 0.240 e. The van der Waals surface area contributed by atoms with Crippen molar-refractivity contribution in [2.24, 2.45) is 0 Å². The summed E-state index contributed by atoms with van der Waals surface area (Å²) in [5, 5.41) is 8.53. The summed E-state index contributed by atoms with van der Waals surface area (Å²) >= 11 is 0. The van der Waals surface area contributed by atoms with Crippen LogP contribution < -0.4 is 4.72 Å². The lowest BCUT2D eigenvalue weighted by atomic mass is 10.2. The first-order chi connectivity index (χ1) is 8.45. The van der Waals surface area contributed by atoms with Crippen molar-refractivity contribution in [2.45, 2.75) is 11.3 Å². The highest BCUT2D eigenvalue weighted by Crippen LogP contribution is 2.10. The van der Waals surface area contributed by atoms with Crippen LogP contribution in [0, 0.1) is 11.3 Å². The molecule has 18 heavy (non-hydrogen) atoms. The van der Waals surface area contributed by atoms with E-state index in [1.54, 1.807) is 12.1 Å². The molecular formula is C12H17N3O2S. The Kier molecular flexibility index (Phi) is 5.28. The second-order valence-corrected chi connectivity index (χ2v) is 5.95. The minimum absolute atomic E-state index is 0.225. The van der Waals surface area contributed by atoms with Crippen molar-refractivity contribution in [2.75, 3.05) is 27.2 Å². The van der Waals surface area contributed by atoms with E-state index < -0.39 is 10.0 Å². The van der Waals surface area contributed by atoms with E-state index >= 15 is 0 Å². The van der Waals surface area contributed by atoms with Gasteiger partial charge in [-0.25, -0.2) is 13.1 Å². The predicted octanol–water partition coefficient (Wildman–Crippen LogP) is 0.593. The first-order valence-electron chi connectivity index (χ1n) is 5.56. The maximum atomic E-state index is 11.9. The van der Waals surface area contributed by atoms with Crippen molar-refractivity contribution >= 4 is 10.0 Å². The largest absolute Gasteiger partial charge is 0.308 e. The molecule has 0 aliphatic carbocycles. The van der Waals surface area contributed by atoms with Gasteiger partial charge in [0, 0.05) is 13.1 Å². The zero-order chi connectivity index (χ0) is 13.6. The summed E-state index contributed by atoms with van der Waals surface area (Å²) in [6, 6.07) is 8.37. The van der Waals surface area contributed by atoms with Gasteiger partial charge in [0.15, 0.2) is 0 Å². The number of sulfonamides is 1. The molecule has 1 aromatic carbocycles. The van der Waals surface area contributed by atoms with Crippen LogP contribution in [0.2, 0.25) is 0 Å². The second kappa shape index (κ2) is 6.50. The highest BCUT2D eigenvalue weighted by Gasteiger charge is 2.12. The van der Waals surface area contributed by atoms with Crippen LogP contribution in [0.25, 0.3) is 0 Å². The second-order valence-electron chi connectivity index (χ2n) is 4.18. The first-order valence-corrected chi connectivity index (χ1v) is 7.04. The molecular weight excluding hydrogens is 250 g/mol. The average Bonchev–Trinajstić information content (AvgIpc) is 2.29. The third-order valence-corrected chi connectivity index (χ3v) is 3.84. The van der Waals surface area contributed by atoms with Crippen LogP contribution in [-0.4, -0.2) is 40.5 Å². The van der Waals surface area contributed by atoms with Crippen LogP contribution in [-0.2, 0) is 16.4 Å². The Morgan fingerprint density at radius 1 is 1.28 bits per heavy atom. The van der Waals surface area contributed by atoms with Crippen molar-refractivity contribution in [3.63, 3.8) is 0 Å². The minimum atomic E-state index is -3.45. The van der Waals surface area contributed by atoms with Gasteiger partial charge in [-0.05, 0) is 31.8 Å². The summed E-state index contributed by atoms with van der Waals surface area (Å²) in [6.07, 6.45) is 0.286. The third kappa shape index (κ3) is 4.45. The molecule has 0 saturated heterocycles.